The Hall–Kier alpha value is -2.11. The zero-order valence-corrected chi connectivity index (χ0v) is 16.8. The second-order valence-electron chi connectivity index (χ2n) is 6.57. The molecule has 1 aromatic heterocycles. The number of halogens is 1. The van der Waals surface area contributed by atoms with Crippen molar-refractivity contribution < 1.29 is 9.53 Å². The van der Waals surface area contributed by atoms with E-state index in [0.29, 0.717) is 16.1 Å². The predicted octanol–water partition coefficient (Wildman–Crippen LogP) is 5.71. The van der Waals surface area contributed by atoms with Crippen LogP contribution in [0.4, 0.5) is 5.13 Å². The summed E-state index contributed by atoms with van der Waals surface area (Å²) in [5.41, 5.74) is 3.93. The topological polar surface area (TPSA) is 51.2 Å². The molecule has 0 atom stereocenters. The van der Waals surface area contributed by atoms with E-state index in [4.69, 9.17) is 16.3 Å². The van der Waals surface area contributed by atoms with E-state index in [-0.39, 0.29) is 12.5 Å². The first kappa shape index (κ1) is 18.7. The summed E-state index contributed by atoms with van der Waals surface area (Å²) in [4.78, 5) is 16.8. The normalized spacial score (nSPS) is 11.2. The summed E-state index contributed by atoms with van der Waals surface area (Å²) >= 11 is 7.55. The van der Waals surface area contributed by atoms with Crippen LogP contribution in [0.5, 0.6) is 5.75 Å². The van der Waals surface area contributed by atoms with Crippen molar-refractivity contribution >= 4 is 44.2 Å². The molecule has 0 aliphatic heterocycles. The van der Waals surface area contributed by atoms with Gasteiger partial charge in [0.25, 0.3) is 5.91 Å². The fourth-order valence-electron chi connectivity index (χ4n) is 2.70. The van der Waals surface area contributed by atoms with E-state index in [1.807, 2.05) is 38.1 Å². The molecular weight excluding hydrogens is 368 g/mol. The first-order valence-corrected chi connectivity index (χ1v) is 9.63. The van der Waals surface area contributed by atoms with Crippen LogP contribution in [-0.4, -0.2) is 17.5 Å². The maximum atomic E-state index is 12.3. The van der Waals surface area contributed by atoms with Crippen LogP contribution in [0.3, 0.4) is 0 Å². The first-order chi connectivity index (χ1) is 12.3. The molecule has 0 saturated heterocycles. The van der Waals surface area contributed by atoms with Crippen LogP contribution >= 0.6 is 22.9 Å². The van der Waals surface area contributed by atoms with Crippen molar-refractivity contribution in [1.82, 2.24) is 4.98 Å². The van der Waals surface area contributed by atoms with E-state index in [0.717, 1.165) is 32.7 Å². The second kappa shape index (κ2) is 7.64. The molecule has 0 bridgehead atoms. The standard InChI is InChI=1S/C20H21ClN2O2S/c1-11(2)14-6-5-12(3)9-16(14)25-10-18(24)22-20-23-19-13(4)15(21)7-8-17(19)26-20/h5-9,11H,10H2,1-4H3,(H,22,23,24). The van der Waals surface area contributed by atoms with Crippen LogP contribution in [-0.2, 0) is 4.79 Å². The molecule has 4 nitrogen and oxygen atoms in total. The van der Waals surface area contributed by atoms with E-state index in [1.165, 1.54) is 11.3 Å². The molecule has 0 aliphatic rings. The summed E-state index contributed by atoms with van der Waals surface area (Å²) < 4.78 is 6.76. The van der Waals surface area contributed by atoms with Gasteiger partial charge < -0.3 is 4.74 Å². The Morgan fingerprint density at radius 1 is 1.27 bits per heavy atom. The predicted molar refractivity (Wildman–Crippen MR) is 109 cm³/mol. The van der Waals surface area contributed by atoms with Gasteiger partial charge in [0, 0.05) is 5.02 Å². The number of thiazole rings is 1. The molecule has 0 fully saturated rings. The highest BCUT2D eigenvalue weighted by Crippen LogP contribution is 2.32. The van der Waals surface area contributed by atoms with Crippen LogP contribution in [0.15, 0.2) is 30.3 Å². The molecule has 136 valence electrons. The molecule has 2 aromatic carbocycles. The Balaban J connectivity index is 1.70. The van der Waals surface area contributed by atoms with Crippen LogP contribution < -0.4 is 10.1 Å². The Morgan fingerprint density at radius 2 is 2.04 bits per heavy atom. The van der Waals surface area contributed by atoms with Crippen LogP contribution in [0.25, 0.3) is 10.2 Å². The maximum Gasteiger partial charge on any atom is 0.264 e. The zero-order valence-electron chi connectivity index (χ0n) is 15.2. The molecule has 3 aromatic rings. The van der Waals surface area contributed by atoms with Crippen molar-refractivity contribution in [2.24, 2.45) is 0 Å². The highest BCUT2D eigenvalue weighted by molar-refractivity contribution is 7.22. The molecule has 0 spiro atoms. The van der Waals surface area contributed by atoms with Gasteiger partial charge in [0.15, 0.2) is 11.7 Å². The van der Waals surface area contributed by atoms with E-state index < -0.39 is 0 Å². The number of anilines is 1. The number of benzene rings is 2. The van der Waals surface area contributed by atoms with Crippen molar-refractivity contribution in [3.05, 3.63) is 52.0 Å². The minimum Gasteiger partial charge on any atom is -0.483 e. The Bertz CT molecular complexity index is 966. The van der Waals surface area contributed by atoms with E-state index in [2.05, 4.69) is 30.2 Å². The zero-order chi connectivity index (χ0) is 18.8. The minimum absolute atomic E-state index is 0.0567. The number of amides is 1. The first-order valence-electron chi connectivity index (χ1n) is 8.44. The van der Waals surface area contributed by atoms with Crippen molar-refractivity contribution in [2.45, 2.75) is 33.6 Å². The lowest BCUT2D eigenvalue weighted by atomic mass is 10.0. The van der Waals surface area contributed by atoms with Crippen molar-refractivity contribution in [2.75, 3.05) is 11.9 Å². The molecule has 6 heteroatoms. The number of hydrogen-bond donors (Lipinski definition) is 1. The number of fused-ring (bicyclic) bond motifs is 1. The summed E-state index contributed by atoms with van der Waals surface area (Å²) in [7, 11) is 0. The number of nitrogens with zero attached hydrogens (tertiary/aromatic N) is 1. The number of carbonyl (C=O) groups excluding carboxylic acids is 1. The van der Waals surface area contributed by atoms with E-state index in [9.17, 15) is 4.79 Å². The number of ether oxygens (including phenoxy) is 1. The molecule has 0 saturated carbocycles. The summed E-state index contributed by atoms with van der Waals surface area (Å²) in [6.45, 7) is 8.08. The van der Waals surface area contributed by atoms with E-state index >= 15 is 0 Å². The smallest absolute Gasteiger partial charge is 0.264 e. The van der Waals surface area contributed by atoms with Gasteiger partial charge in [-0.15, -0.1) is 0 Å². The maximum absolute atomic E-state index is 12.3. The number of hydrogen-bond acceptors (Lipinski definition) is 4. The van der Waals surface area contributed by atoms with Crippen LogP contribution in [0.1, 0.15) is 36.5 Å². The number of rotatable bonds is 5. The molecule has 0 aliphatic carbocycles. The van der Waals surface area contributed by atoms with Crippen molar-refractivity contribution in [3.8, 4) is 5.75 Å². The molecular formula is C20H21ClN2O2S. The van der Waals surface area contributed by atoms with E-state index in [1.54, 1.807) is 0 Å². The fourth-order valence-corrected chi connectivity index (χ4v) is 3.79. The monoisotopic (exact) mass is 388 g/mol. The third-order valence-corrected chi connectivity index (χ3v) is 5.49. The number of carbonyl (C=O) groups is 1. The van der Waals surface area contributed by atoms with Crippen molar-refractivity contribution in [1.29, 1.82) is 0 Å². The van der Waals surface area contributed by atoms with Gasteiger partial charge in [-0.05, 0) is 54.7 Å². The van der Waals surface area contributed by atoms with Gasteiger partial charge in [0.2, 0.25) is 0 Å². The van der Waals surface area contributed by atoms with Gasteiger partial charge in [-0.25, -0.2) is 4.98 Å². The van der Waals surface area contributed by atoms with Gasteiger partial charge >= 0.3 is 0 Å². The van der Waals surface area contributed by atoms with Crippen LogP contribution in [0.2, 0.25) is 5.02 Å². The average Bonchev–Trinajstić information content (AvgIpc) is 2.99. The summed E-state index contributed by atoms with van der Waals surface area (Å²) in [5.74, 6) is 0.844. The molecule has 0 radical (unpaired) electrons. The van der Waals surface area contributed by atoms with Crippen LogP contribution in [0, 0.1) is 13.8 Å². The van der Waals surface area contributed by atoms with Gasteiger partial charge in [-0.2, -0.15) is 0 Å². The number of aromatic nitrogens is 1. The fraction of sp³-hybridized carbons (Fsp3) is 0.300. The third-order valence-electron chi connectivity index (χ3n) is 4.14. The second-order valence-corrected chi connectivity index (χ2v) is 8.01. The Labute approximate surface area is 162 Å². The molecule has 3 rings (SSSR count). The lowest BCUT2D eigenvalue weighted by Crippen LogP contribution is -2.20. The average molecular weight is 389 g/mol. The van der Waals surface area contributed by atoms with Gasteiger partial charge in [0.1, 0.15) is 5.75 Å². The highest BCUT2D eigenvalue weighted by Gasteiger charge is 2.13. The SMILES string of the molecule is Cc1ccc(C(C)C)c(OCC(=O)Nc2nc3c(C)c(Cl)ccc3s2)c1. The Morgan fingerprint density at radius 3 is 2.77 bits per heavy atom. The van der Waals surface area contributed by atoms with Crippen molar-refractivity contribution in [3.63, 3.8) is 0 Å². The molecule has 26 heavy (non-hydrogen) atoms. The largest absolute Gasteiger partial charge is 0.483 e. The number of nitrogens with one attached hydrogen (secondary N) is 1. The summed E-state index contributed by atoms with van der Waals surface area (Å²) in [6, 6.07) is 9.82. The van der Waals surface area contributed by atoms with Gasteiger partial charge in [-0.1, -0.05) is 48.9 Å². The highest BCUT2D eigenvalue weighted by atomic mass is 35.5. The van der Waals surface area contributed by atoms with Gasteiger partial charge in [-0.3, -0.25) is 10.1 Å². The quantitative estimate of drug-likeness (QED) is 0.609. The molecule has 1 heterocycles. The Kier molecular flexibility index (Phi) is 5.49. The lowest BCUT2D eigenvalue weighted by molar-refractivity contribution is -0.118. The third kappa shape index (κ3) is 4.00. The van der Waals surface area contributed by atoms with Gasteiger partial charge in [0.05, 0.1) is 10.2 Å². The molecule has 1 amide bonds. The minimum atomic E-state index is -0.232. The summed E-state index contributed by atoms with van der Waals surface area (Å²) in [5, 5.41) is 4.03. The summed E-state index contributed by atoms with van der Waals surface area (Å²) in [6.07, 6.45) is 0. The number of aryl methyl sites for hydroxylation is 2. The molecule has 0 unspecified atom stereocenters. The lowest BCUT2D eigenvalue weighted by Gasteiger charge is -2.14. The molecule has 1 N–H and O–H groups in total.